The second kappa shape index (κ2) is 14.0. The van der Waals surface area contributed by atoms with Gasteiger partial charge in [0.2, 0.25) is 11.6 Å². The molecule has 2 aliphatic carbocycles. The molecule has 2 aliphatic rings. The molecule has 0 heterocycles. The van der Waals surface area contributed by atoms with Gasteiger partial charge in [-0.1, -0.05) is 44.0 Å². The van der Waals surface area contributed by atoms with Crippen LogP contribution in [0.3, 0.4) is 0 Å². The van der Waals surface area contributed by atoms with Gasteiger partial charge in [-0.3, -0.25) is 0 Å². The number of ether oxygens (including phenoxy) is 2. The number of hydrogen-bond donors (Lipinski definition) is 0. The van der Waals surface area contributed by atoms with Crippen LogP contribution >= 0.6 is 0 Å². The van der Waals surface area contributed by atoms with Crippen LogP contribution in [0.4, 0.5) is 17.6 Å². The number of halogens is 4. The maximum Gasteiger partial charge on any atom is 0.201 e. The highest BCUT2D eigenvalue weighted by Gasteiger charge is 2.36. The number of unbranched alkanes of at least 4 members (excludes halogenated alkanes) is 2. The first kappa shape index (κ1) is 30.4. The SMILES string of the molecule is CCCCCc1ccc(C2CCC3CC(COc4ccc(-c5ccc(OCC)c(F)c5F)c(F)c4F)CCC3C2)cc1. The van der Waals surface area contributed by atoms with E-state index in [1.54, 1.807) is 6.92 Å². The first-order valence-electron chi connectivity index (χ1n) is 15.7. The van der Waals surface area contributed by atoms with Crippen LogP contribution in [0.25, 0.3) is 11.1 Å². The van der Waals surface area contributed by atoms with E-state index in [1.807, 2.05) is 0 Å². The smallest absolute Gasteiger partial charge is 0.201 e. The van der Waals surface area contributed by atoms with Gasteiger partial charge in [-0.2, -0.15) is 8.78 Å². The topological polar surface area (TPSA) is 18.5 Å². The molecule has 4 atom stereocenters. The first-order valence-corrected chi connectivity index (χ1v) is 15.7. The third-order valence-electron chi connectivity index (χ3n) is 9.40. The van der Waals surface area contributed by atoms with Crippen molar-refractivity contribution in [3.63, 3.8) is 0 Å². The van der Waals surface area contributed by atoms with E-state index in [0.717, 1.165) is 25.7 Å². The van der Waals surface area contributed by atoms with Crippen LogP contribution < -0.4 is 9.47 Å². The lowest BCUT2D eigenvalue weighted by atomic mass is 9.64. The van der Waals surface area contributed by atoms with Gasteiger partial charge in [0.05, 0.1) is 13.2 Å². The Hall–Kier alpha value is -3.02. The maximum absolute atomic E-state index is 15.0. The van der Waals surface area contributed by atoms with Gasteiger partial charge in [0.25, 0.3) is 0 Å². The average Bonchev–Trinajstić information content (AvgIpc) is 3.01. The third-order valence-corrected chi connectivity index (χ3v) is 9.40. The number of aryl methyl sites for hydroxylation is 1. The third kappa shape index (κ3) is 6.79. The van der Waals surface area contributed by atoms with Crippen molar-refractivity contribution in [2.24, 2.45) is 17.8 Å². The van der Waals surface area contributed by atoms with E-state index in [2.05, 4.69) is 31.2 Å². The Labute approximate surface area is 247 Å². The highest BCUT2D eigenvalue weighted by molar-refractivity contribution is 5.67. The molecule has 4 unspecified atom stereocenters. The standard InChI is InChI=1S/C36H42F4O2/c1-3-5-6-7-23-8-11-25(12-9-23)27-15-14-26-20-24(10-13-28(26)21-27)22-42-32-19-17-30(34(38)36(32)40)29-16-18-31(41-4-2)35(39)33(29)37/h8-9,11-12,16-19,24,26-28H,3-7,10,13-15,20-22H2,1-2H3. The minimum Gasteiger partial charge on any atom is -0.491 e. The van der Waals surface area contributed by atoms with Crippen molar-refractivity contribution in [1.29, 1.82) is 0 Å². The Balaban J connectivity index is 1.15. The molecule has 0 N–H and O–H groups in total. The Morgan fingerprint density at radius 3 is 1.90 bits per heavy atom. The number of hydrogen-bond acceptors (Lipinski definition) is 2. The molecule has 0 spiro atoms. The van der Waals surface area contributed by atoms with Crippen molar-refractivity contribution in [3.8, 4) is 22.6 Å². The van der Waals surface area contributed by atoms with E-state index in [1.165, 1.54) is 73.9 Å². The van der Waals surface area contributed by atoms with Crippen LogP contribution in [0.15, 0.2) is 48.5 Å². The summed E-state index contributed by atoms with van der Waals surface area (Å²) in [5, 5.41) is 0. The quantitative estimate of drug-likeness (QED) is 0.165. The minimum absolute atomic E-state index is 0.154. The van der Waals surface area contributed by atoms with Crippen molar-refractivity contribution < 1.29 is 27.0 Å². The second-order valence-corrected chi connectivity index (χ2v) is 12.1. The normalized spacial score (nSPS) is 22.0. The molecular weight excluding hydrogens is 540 g/mol. The molecule has 2 fully saturated rings. The van der Waals surface area contributed by atoms with Gasteiger partial charge < -0.3 is 9.47 Å². The van der Waals surface area contributed by atoms with Crippen molar-refractivity contribution in [2.45, 2.75) is 84.0 Å². The Kier molecular flexibility index (Phi) is 10.1. The summed E-state index contributed by atoms with van der Waals surface area (Å²) in [6.45, 7) is 4.35. The van der Waals surface area contributed by atoms with E-state index in [0.29, 0.717) is 24.4 Å². The lowest BCUT2D eigenvalue weighted by Gasteiger charge is -2.42. The van der Waals surface area contributed by atoms with Gasteiger partial charge in [0.15, 0.2) is 23.1 Å². The molecule has 226 valence electrons. The molecule has 0 saturated heterocycles. The van der Waals surface area contributed by atoms with E-state index < -0.39 is 23.3 Å². The Bertz CT molecular complexity index is 1340. The molecule has 3 aromatic carbocycles. The summed E-state index contributed by atoms with van der Waals surface area (Å²) in [5.41, 5.74) is 2.18. The molecule has 0 radical (unpaired) electrons. The lowest BCUT2D eigenvalue weighted by Crippen LogP contribution is -2.32. The minimum atomic E-state index is -1.28. The zero-order chi connectivity index (χ0) is 29.6. The Morgan fingerprint density at radius 2 is 1.26 bits per heavy atom. The molecule has 42 heavy (non-hydrogen) atoms. The molecule has 3 aromatic rings. The second-order valence-electron chi connectivity index (χ2n) is 12.1. The van der Waals surface area contributed by atoms with Gasteiger partial charge in [0.1, 0.15) is 0 Å². The summed E-state index contributed by atoms with van der Waals surface area (Å²) in [7, 11) is 0. The van der Waals surface area contributed by atoms with Crippen molar-refractivity contribution >= 4 is 0 Å². The van der Waals surface area contributed by atoms with E-state index in [-0.39, 0.29) is 35.2 Å². The highest BCUT2D eigenvalue weighted by Crippen LogP contribution is 2.48. The van der Waals surface area contributed by atoms with Gasteiger partial charge >= 0.3 is 0 Å². The molecule has 2 nitrogen and oxygen atoms in total. The van der Waals surface area contributed by atoms with Crippen molar-refractivity contribution in [1.82, 2.24) is 0 Å². The predicted octanol–water partition coefficient (Wildman–Crippen LogP) is 10.4. The number of rotatable bonds is 11. The largest absolute Gasteiger partial charge is 0.491 e. The monoisotopic (exact) mass is 582 g/mol. The van der Waals surface area contributed by atoms with Crippen LogP contribution in [0, 0.1) is 41.0 Å². The highest BCUT2D eigenvalue weighted by atomic mass is 19.2. The number of benzene rings is 3. The van der Waals surface area contributed by atoms with E-state index in [9.17, 15) is 17.6 Å². The Morgan fingerprint density at radius 1 is 0.643 bits per heavy atom. The van der Waals surface area contributed by atoms with Gasteiger partial charge in [0, 0.05) is 11.1 Å². The van der Waals surface area contributed by atoms with Gasteiger partial charge in [-0.25, -0.2) is 8.78 Å². The van der Waals surface area contributed by atoms with Crippen LogP contribution in [-0.2, 0) is 6.42 Å². The van der Waals surface area contributed by atoms with Crippen LogP contribution in [0.5, 0.6) is 11.5 Å². The maximum atomic E-state index is 15.0. The molecule has 6 heteroatoms. The number of fused-ring (bicyclic) bond motifs is 1. The van der Waals surface area contributed by atoms with Crippen molar-refractivity contribution in [2.75, 3.05) is 13.2 Å². The molecule has 5 rings (SSSR count). The zero-order valence-corrected chi connectivity index (χ0v) is 24.7. The summed E-state index contributed by atoms with van der Waals surface area (Å²) in [6.07, 6.45) is 11.7. The van der Waals surface area contributed by atoms with Gasteiger partial charge in [-0.05, 0) is 117 Å². The summed E-state index contributed by atoms with van der Waals surface area (Å²) in [6, 6.07) is 14.2. The molecular formula is C36H42F4O2. The van der Waals surface area contributed by atoms with E-state index >= 15 is 0 Å². The molecule has 2 saturated carbocycles. The van der Waals surface area contributed by atoms with Gasteiger partial charge in [-0.15, -0.1) is 0 Å². The summed E-state index contributed by atoms with van der Waals surface area (Å²) in [4.78, 5) is 0. The lowest BCUT2D eigenvalue weighted by molar-refractivity contribution is 0.0902. The zero-order valence-electron chi connectivity index (χ0n) is 24.7. The van der Waals surface area contributed by atoms with Crippen LogP contribution in [0.1, 0.15) is 88.7 Å². The van der Waals surface area contributed by atoms with Crippen molar-refractivity contribution in [3.05, 3.63) is 82.9 Å². The molecule has 0 aromatic heterocycles. The van der Waals surface area contributed by atoms with Crippen LogP contribution in [0.2, 0.25) is 0 Å². The fraction of sp³-hybridized carbons (Fsp3) is 0.500. The van der Waals surface area contributed by atoms with Crippen LogP contribution in [-0.4, -0.2) is 13.2 Å². The average molecular weight is 583 g/mol. The molecule has 0 bridgehead atoms. The predicted molar refractivity (Wildman–Crippen MR) is 159 cm³/mol. The summed E-state index contributed by atoms with van der Waals surface area (Å²) in [5.74, 6) is -3.19. The fourth-order valence-corrected chi connectivity index (χ4v) is 7.04. The summed E-state index contributed by atoms with van der Waals surface area (Å²) >= 11 is 0. The molecule has 0 aliphatic heterocycles. The van der Waals surface area contributed by atoms with E-state index in [4.69, 9.17) is 9.47 Å². The first-order chi connectivity index (χ1) is 20.4. The fourth-order valence-electron chi connectivity index (χ4n) is 7.04. The summed E-state index contributed by atoms with van der Waals surface area (Å²) < 4.78 is 69.7. The molecule has 0 amide bonds.